The van der Waals surface area contributed by atoms with Gasteiger partial charge in [0.25, 0.3) is 11.8 Å². The number of benzene rings is 2. The molecule has 0 saturated heterocycles. The maximum Gasteiger partial charge on any atom is 0.262 e. The summed E-state index contributed by atoms with van der Waals surface area (Å²) in [7, 11) is 0. The summed E-state index contributed by atoms with van der Waals surface area (Å²) in [6.07, 6.45) is -0.0296. The third-order valence-corrected chi connectivity index (χ3v) is 4.82. The largest absolute Gasteiger partial charge is 0.378 e. The molecule has 0 radical (unpaired) electrons. The number of aliphatic imine (C=N–C) groups is 1. The van der Waals surface area contributed by atoms with Crippen LogP contribution in [0.1, 0.15) is 22.3 Å². The summed E-state index contributed by atoms with van der Waals surface area (Å²) in [4.78, 5) is 39.6. The molecule has 1 atom stereocenters. The smallest absolute Gasteiger partial charge is 0.262 e. The highest BCUT2D eigenvalue weighted by Gasteiger charge is 2.29. The molecular weight excluding hydrogens is 364 g/mol. The van der Waals surface area contributed by atoms with Crippen molar-refractivity contribution in [1.29, 1.82) is 0 Å². The number of amides is 3. The minimum Gasteiger partial charge on any atom is -0.378 e. The lowest BCUT2D eigenvalue weighted by atomic mass is 10.1. The van der Waals surface area contributed by atoms with Gasteiger partial charge in [0.05, 0.1) is 0 Å². The van der Waals surface area contributed by atoms with Crippen LogP contribution in [0.3, 0.4) is 0 Å². The van der Waals surface area contributed by atoms with E-state index in [4.69, 9.17) is 5.73 Å². The molecule has 1 aliphatic heterocycles. The van der Waals surface area contributed by atoms with E-state index in [9.17, 15) is 14.4 Å². The van der Waals surface area contributed by atoms with Gasteiger partial charge in [-0.05, 0) is 23.8 Å². The molecule has 7 nitrogen and oxygen atoms in total. The standard InChI is InChI=1S/C19H18N4O3S/c20-19-23-18(26)15(27-19)10-16(24)22-14-8-4-7-13(9-14)17(25)21-11-12-5-2-1-3-6-12/h1-9,15H,10-11H2,(H,21,25)(H,22,24)(H2,20,23,26)/t15-/m0/s1. The molecule has 2 aromatic rings. The Balaban J connectivity index is 1.56. The van der Waals surface area contributed by atoms with E-state index >= 15 is 0 Å². The summed E-state index contributed by atoms with van der Waals surface area (Å²) in [5.41, 5.74) is 7.40. The quantitative estimate of drug-likeness (QED) is 0.706. The van der Waals surface area contributed by atoms with E-state index in [1.165, 1.54) is 0 Å². The lowest BCUT2D eigenvalue weighted by Crippen LogP contribution is -2.23. The summed E-state index contributed by atoms with van der Waals surface area (Å²) in [5.74, 6) is -0.980. The molecule has 1 heterocycles. The van der Waals surface area contributed by atoms with E-state index in [2.05, 4.69) is 15.6 Å². The molecule has 0 unspecified atom stereocenters. The summed E-state index contributed by atoms with van der Waals surface area (Å²) in [6.45, 7) is 0.415. The van der Waals surface area contributed by atoms with Gasteiger partial charge < -0.3 is 16.4 Å². The van der Waals surface area contributed by atoms with E-state index in [1.54, 1.807) is 24.3 Å². The minimum atomic E-state index is -0.595. The number of thioether (sulfide) groups is 1. The van der Waals surface area contributed by atoms with Crippen LogP contribution < -0.4 is 16.4 Å². The number of nitrogens with two attached hydrogens (primary N) is 1. The zero-order valence-corrected chi connectivity index (χ0v) is 15.2. The highest BCUT2D eigenvalue weighted by Crippen LogP contribution is 2.23. The van der Waals surface area contributed by atoms with Crippen molar-refractivity contribution in [2.24, 2.45) is 10.7 Å². The van der Waals surface area contributed by atoms with Crippen LogP contribution >= 0.6 is 11.8 Å². The number of carbonyl (C=O) groups is 3. The molecule has 0 bridgehead atoms. The Morgan fingerprint density at radius 2 is 1.89 bits per heavy atom. The van der Waals surface area contributed by atoms with E-state index in [-0.39, 0.29) is 23.4 Å². The molecule has 4 N–H and O–H groups in total. The second kappa shape index (κ2) is 8.50. The number of nitrogens with one attached hydrogen (secondary N) is 2. The Morgan fingerprint density at radius 3 is 2.59 bits per heavy atom. The van der Waals surface area contributed by atoms with Crippen LogP contribution in [0.4, 0.5) is 5.69 Å². The van der Waals surface area contributed by atoms with Crippen molar-refractivity contribution >= 4 is 40.3 Å². The molecule has 3 amide bonds. The van der Waals surface area contributed by atoms with Crippen LogP contribution in [0.5, 0.6) is 0 Å². The van der Waals surface area contributed by atoms with Crippen molar-refractivity contribution in [3.8, 4) is 0 Å². The summed E-state index contributed by atoms with van der Waals surface area (Å²) in [5, 5.41) is 5.11. The molecule has 0 fully saturated rings. The van der Waals surface area contributed by atoms with Crippen LogP contribution in [0.2, 0.25) is 0 Å². The van der Waals surface area contributed by atoms with Crippen LogP contribution in [0, 0.1) is 0 Å². The van der Waals surface area contributed by atoms with Crippen LogP contribution in [-0.2, 0) is 16.1 Å². The fourth-order valence-electron chi connectivity index (χ4n) is 2.53. The Morgan fingerprint density at radius 1 is 1.11 bits per heavy atom. The Labute approximate surface area is 160 Å². The van der Waals surface area contributed by atoms with E-state index < -0.39 is 11.2 Å². The number of carbonyl (C=O) groups excluding carboxylic acids is 3. The topological polar surface area (TPSA) is 114 Å². The molecule has 3 rings (SSSR count). The number of hydrogen-bond acceptors (Lipinski definition) is 5. The number of anilines is 1. The lowest BCUT2D eigenvalue weighted by molar-refractivity contribution is -0.121. The van der Waals surface area contributed by atoms with Gasteiger partial charge in [-0.15, -0.1) is 0 Å². The first-order chi connectivity index (χ1) is 13.0. The first-order valence-electron chi connectivity index (χ1n) is 8.28. The second-order valence-corrected chi connectivity index (χ2v) is 7.12. The predicted molar refractivity (Wildman–Crippen MR) is 105 cm³/mol. The van der Waals surface area contributed by atoms with Crippen LogP contribution in [-0.4, -0.2) is 28.1 Å². The fraction of sp³-hybridized carbons (Fsp3) is 0.158. The van der Waals surface area contributed by atoms with Crippen molar-refractivity contribution < 1.29 is 14.4 Å². The zero-order valence-electron chi connectivity index (χ0n) is 14.3. The normalized spacial score (nSPS) is 15.9. The van der Waals surface area contributed by atoms with Crippen LogP contribution in [0.25, 0.3) is 0 Å². The maximum absolute atomic E-state index is 12.3. The third-order valence-electron chi connectivity index (χ3n) is 3.83. The van der Waals surface area contributed by atoms with E-state index in [0.717, 1.165) is 17.3 Å². The van der Waals surface area contributed by atoms with Gasteiger partial charge in [0.1, 0.15) is 5.25 Å². The second-order valence-electron chi connectivity index (χ2n) is 5.90. The van der Waals surface area contributed by atoms with E-state index in [0.29, 0.717) is 17.8 Å². The molecule has 0 saturated carbocycles. The van der Waals surface area contributed by atoms with Crippen molar-refractivity contribution in [2.75, 3.05) is 5.32 Å². The van der Waals surface area contributed by atoms with Crippen molar-refractivity contribution in [1.82, 2.24) is 5.32 Å². The van der Waals surface area contributed by atoms with Crippen molar-refractivity contribution in [3.05, 3.63) is 65.7 Å². The first-order valence-corrected chi connectivity index (χ1v) is 9.16. The van der Waals surface area contributed by atoms with Gasteiger partial charge in [-0.25, -0.2) is 0 Å². The minimum absolute atomic E-state index is 0.0296. The molecule has 8 heteroatoms. The molecule has 27 heavy (non-hydrogen) atoms. The van der Waals surface area contributed by atoms with Crippen LogP contribution in [0.15, 0.2) is 59.6 Å². The number of rotatable bonds is 6. The van der Waals surface area contributed by atoms with Gasteiger partial charge in [-0.1, -0.05) is 48.2 Å². The van der Waals surface area contributed by atoms with Gasteiger partial charge >= 0.3 is 0 Å². The number of amidine groups is 1. The Kier molecular flexibility index (Phi) is 5.87. The number of hydrogen-bond donors (Lipinski definition) is 3. The molecule has 0 aliphatic carbocycles. The molecular formula is C19H18N4O3S. The number of nitrogens with zero attached hydrogens (tertiary/aromatic N) is 1. The van der Waals surface area contributed by atoms with Gasteiger partial charge in [0.15, 0.2) is 5.17 Å². The predicted octanol–water partition coefficient (Wildman–Crippen LogP) is 1.90. The summed E-state index contributed by atoms with van der Waals surface area (Å²) < 4.78 is 0. The highest BCUT2D eigenvalue weighted by atomic mass is 32.2. The third kappa shape index (κ3) is 5.18. The summed E-state index contributed by atoms with van der Waals surface area (Å²) in [6, 6.07) is 16.2. The highest BCUT2D eigenvalue weighted by molar-refractivity contribution is 8.15. The van der Waals surface area contributed by atoms with Crippen molar-refractivity contribution in [3.63, 3.8) is 0 Å². The summed E-state index contributed by atoms with van der Waals surface area (Å²) >= 11 is 1.08. The van der Waals surface area contributed by atoms with Gasteiger partial charge in [-0.3, -0.25) is 14.4 Å². The maximum atomic E-state index is 12.3. The molecule has 138 valence electrons. The Hall–Kier alpha value is -3.13. The fourth-order valence-corrected chi connectivity index (χ4v) is 3.35. The first kappa shape index (κ1) is 18.7. The monoisotopic (exact) mass is 382 g/mol. The SMILES string of the molecule is NC1=NC(=O)[C@H](CC(=O)Nc2cccc(C(=O)NCc3ccccc3)c2)S1. The van der Waals surface area contributed by atoms with E-state index in [1.807, 2.05) is 30.3 Å². The molecule has 1 aliphatic rings. The van der Waals surface area contributed by atoms with Crippen molar-refractivity contribution in [2.45, 2.75) is 18.2 Å². The molecule has 0 spiro atoms. The molecule has 0 aromatic heterocycles. The molecule has 2 aromatic carbocycles. The average molecular weight is 382 g/mol. The lowest BCUT2D eigenvalue weighted by Gasteiger charge is -2.10. The van der Waals surface area contributed by atoms with Gasteiger partial charge in [0.2, 0.25) is 5.91 Å². The van der Waals surface area contributed by atoms with Gasteiger partial charge in [-0.2, -0.15) is 4.99 Å². The zero-order chi connectivity index (χ0) is 19.2. The van der Waals surface area contributed by atoms with Gasteiger partial charge in [0, 0.05) is 24.2 Å². The average Bonchev–Trinajstić information content (AvgIpc) is 2.97. The Bertz CT molecular complexity index is 899.